The van der Waals surface area contributed by atoms with Crippen LogP contribution >= 0.6 is 0 Å². The fraction of sp³-hybridized carbons (Fsp3) is 0.667. The van der Waals surface area contributed by atoms with Gasteiger partial charge in [-0.1, -0.05) is 19.3 Å². The molecular formula is C12H18N2O. The maximum Gasteiger partial charge on any atom is 0.0703 e. The molecule has 1 aromatic heterocycles. The van der Waals surface area contributed by atoms with Gasteiger partial charge in [0.2, 0.25) is 0 Å². The lowest BCUT2D eigenvalue weighted by Crippen LogP contribution is -2.34. The van der Waals surface area contributed by atoms with E-state index in [1.165, 1.54) is 6.42 Å². The van der Waals surface area contributed by atoms with Crippen LogP contribution in [0.3, 0.4) is 0 Å². The summed E-state index contributed by atoms with van der Waals surface area (Å²) >= 11 is 0. The fourth-order valence-corrected chi connectivity index (χ4v) is 2.32. The molecule has 1 heterocycles. The van der Waals surface area contributed by atoms with Crippen LogP contribution in [0.4, 0.5) is 0 Å². The average molecular weight is 206 g/mol. The molecule has 1 saturated carbocycles. The maximum atomic E-state index is 10.3. The molecule has 0 bridgehead atoms. The van der Waals surface area contributed by atoms with Gasteiger partial charge in [-0.25, -0.2) is 0 Å². The van der Waals surface area contributed by atoms with Gasteiger partial charge < -0.3 is 5.11 Å². The number of aromatic nitrogens is 2. The zero-order valence-electron chi connectivity index (χ0n) is 9.24. The molecule has 0 atom stereocenters. The van der Waals surface area contributed by atoms with Crippen LogP contribution in [0.15, 0.2) is 12.4 Å². The molecule has 3 nitrogen and oxygen atoms in total. The SMILES string of the molecule is Cc1cncc(CC2(O)CCCCC2)n1. The van der Waals surface area contributed by atoms with Crippen LogP contribution in [0.5, 0.6) is 0 Å². The summed E-state index contributed by atoms with van der Waals surface area (Å²) in [5.74, 6) is 0. The highest BCUT2D eigenvalue weighted by Gasteiger charge is 2.29. The molecule has 0 saturated heterocycles. The van der Waals surface area contributed by atoms with Crippen molar-refractivity contribution < 1.29 is 5.11 Å². The Morgan fingerprint density at radius 2 is 2.00 bits per heavy atom. The van der Waals surface area contributed by atoms with E-state index in [1.807, 2.05) is 6.92 Å². The van der Waals surface area contributed by atoms with Gasteiger partial charge in [0.05, 0.1) is 17.0 Å². The van der Waals surface area contributed by atoms with Crippen LogP contribution in [0, 0.1) is 6.92 Å². The molecule has 0 aromatic carbocycles. The molecule has 3 heteroatoms. The normalized spacial score (nSPS) is 20.1. The first-order chi connectivity index (χ1) is 7.18. The van der Waals surface area contributed by atoms with Crippen molar-refractivity contribution in [1.82, 2.24) is 9.97 Å². The van der Waals surface area contributed by atoms with Crippen molar-refractivity contribution in [2.75, 3.05) is 0 Å². The highest BCUT2D eigenvalue weighted by atomic mass is 16.3. The van der Waals surface area contributed by atoms with Crippen molar-refractivity contribution >= 4 is 0 Å². The average Bonchev–Trinajstić information content (AvgIpc) is 2.18. The molecule has 1 fully saturated rings. The minimum atomic E-state index is -0.527. The third-order valence-electron chi connectivity index (χ3n) is 3.10. The van der Waals surface area contributed by atoms with E-state index in [-0.39, 0.29) is 0 Å². The Balaban J connectivity index is 2.06. The first-order valence-electron chi connectivity index (χ1n) is 5.68. The van der Waals surface area contributed by atoms with Gasteiger partial charge >= 0.3 is 0 Å². The van der Waals surface area contributed by atoms with Crippen molar-refractivity contribution in [3.8, 4) is 0 Å². The van der Waals surface area contributed by atoms with Crippen molar-refractivity contribution in [1.29, 1.82) is 0 Å². The summed E-state index contributed by atoms with van der Waals surface area (Å²) in [6.07, 6.45) is 9.49. The second kappa shape index (κ2) is 4.27. The minimum Gasteiger partial charge on any atom is -0.389 e. The molecule has 0 spiro atoms. The van der Waals surface area contributed by atoms with Crippen LogP contribution in [0.1, 0.15) is 43.5 Å². The molecule has 15 heavy (non-hydrogen) atoms. The maximum absolute atomic E-state index is 10.3. The Bertz CT molecular complexity index is 332. The number of hydrogen-bond donors (Lipinski definition) is 1. The van der Waals surface area contributed by atoms with Gasteiger partial charge in [-0.15, -0.1) is 0 Å². The summed E-state index contributed by atoms with van der Waals surface area (Å²) in [6, 6.07) is 0. The molecular weight excluding hydrogens is 188 g/mol. The highest BCUT2D eigenvalue weighted by molar-refractivity contribution is 5.05. The predicted octanol–water partition coefficient (Wildman–Crippen LogP) is 2.02. The third-order valence-corrected chi connectivity index (χ3v) is 3.10. The number of rotatable bonds is 2. The van der Waals surface area contributed by atoms with E-state index in [1.54, 1.807) is 12.4 Å². The lowest BCUT2D eigenvalue weighted by molar-refractivity contribution is 0.00357. The van der Waals surface area contributed by atoms with Gasteiger partial charge in [0.15, 0.2) is 0 Å². The van der Waals surface area contributed by atoms with Crippen LogP contribution in [0.2, 0.25) is 0 Å². The largest absolute Gasteiger partial charge is 0.389 e. The smallest absolute Gasteiger partial charge is 0.0703 e. The first-order valence-corrected chi connectivity index (χ1v) is 5.68. The van der Waals surface area contributed by atoms with E-state index in [9.17, 15) is 5.11 Å². The van der Waals surface area contributed by atoms with E-state index < -0.39 is 5.60 Å². The monoisotopic (exact) mass is 206 g/mol. The Morgan fingerprint density at radius 1 is 1.27 bits per heavy atom. The number of aliphatic hydroxyl groups is 1. The molecule has 0 radical (unpaired) electrons. The van der Waals surface area contributed by atoms with Crippen LogP contribution in [0.25, 0.3) is 0 Å². The topological polar surface area (TPSA) is 46.0 Å². The predicted molar refractivity (Wildman–Crippen MR) is 58.5 cm³/mol. The molecule has 0 amide bonds. The molecule has 1 N–H and O–H groups in total. The van der Waals surface area contributed by atoms with Crippen LogP contribution in [-0.4, -0.2) is 20.7 Å². The molecule has 2 rings (SSSR count). The number of aryl methyl sites for hydroxylation is 1. The molecule has 1 aliphatic carbocycles. The van der Waals surface area contributed by atoms with E-state index in [0.717, 1.165) is 37.1 Å². The zero-order chi connectivity index (χ0) is 10.7. The Morgan fingerprint density at radius 3 is 2.67 bits per heavy atom. The zero-order valence-corrected chi connectivity index (χ0v) is 9.24. The summed E-state index contributed by atoms with van der Waals surface area (Å²) in [5, 5.41) is 10.3. The first kappa shape index (κ1) is 10.6. The Labute approximate surface area is 90.6 Å². The molecule has 0 unspecified atom stereocenters. The molecule has 1 aliphatic rings. The summed E-state index contributed by atoms with van der Waals surface area (Å²) < 4.78 is 0. The molecule has 1 aromatic rings. The summed E-state index contributed by atoms with van der Waals surface area (Å²) in [6.45, 7) is 1.93. The van der Waals surface area contributed by atoms with E-state index in [4.69, 9.17) is 0 Å². The van der Waals surface area contributed by atoms with Gasteiger partial charge in [0.1, 0.15) is 0 Å². The van der Waals surface area contributed by atoms with Crippen molar-refractivity contribution in [2.24, 2.45) is 0 Å². The van der Waals surface area contributed by atoms with Gasteiger partial charge in [0.25, 0.3) is 0 Å². The van der Waals surface area contributed by atoms with E-state index >= 15 is 0 Å². The van der Waals surface area contributed by atoms with Gasteiger partial charge in [-0.3, -0.25) is 9.97 Å². The van der Waals surface area contributed by atoms with Crippen LogP contribution in [-0.2, 0) is 6.42 Å². The quantitative estimate of drug-likeness (QED) is 0.805. The second-order valence-electron chi connectivity index (χ2n) is 4.61. The minimum absolute atomic E-state index is 0.527. The van der Waals surface area contributed by atoms with Gasteiger partial charge in [0, 0.05) is 18.8 Å². The van der Waals surface area contributed by atoms with Gasteiger partial charge in [-0.05, 0) is 19.8 Å². The molecule has 82 valence electrons. The van der Waals surface area contributed by atoms with E-state index in [0.29, 0.717) is 6.42 Å². The summed E-state index contributed by atoms with van der Waals surface area (Å²) in [4.78, 5) is 8.50. The van der Waals surface area contributed by atoms with Gasteiger partial charge in [-0.2, -0.15) is 0 Å². The highest BCUT2D eigenvalue weighted by Crippen LogP contribution is 2.30. The summed E-state index contributed by atoms with van der Waals surface area (Å²) in [7, 11) is 0. The second-order valence-corrected chi connectivity index (χ2v) is 4.61. The number of nitrogens with zero attached hydrogens (tertiary/aromatic N) is 2. The lowest BCUT2D eigenvalue weighted by atomic mass is 9.82. The number of hydrogen-bond acceptors (Lipinski definition) is 3. The van der Waals surface area contributed by atoms with E-state index in [2.05, 4.69) is 9.97 Å². The summed E-state index contributed by atoms with van der Waals surface area (Å²) in [5.41, 5.74) is 1.31. The Kier molecular flexibility index (Phi) is 3.00. The lowest BCUT2D eigenvalue weighted by Gasteiger charge is -2.31. The van der Waals surface area contributed by atoms with Crippen molar-refractivity contribution in [3.63, 3.8) is 0 Å². The fourth-order valence-electron chi connectivity index (χ4n) is 2.32. The third kappa shape index (κ3) is 2.75. The van der Waals surface area contributed by atoms with Crippen molar-refractivity contribution in [3.05, 3.63) is 23.8 Å². The van der Waals surface area contributed by atoms with Crippen LogP contribution < -0.4 is 0 Å². The molecule has 0 aliphatic heterocycles. The van der Waals surface area contributed by atoms with Crippen molar-refractivity contribution in [2.45, 2.75) is 51.0 Å². The standard InChI is InChI=1S/C12H18N2O/c1-10-8-13-9-11(14-10)7-12(15)5-3-2-4-6-12/h8-9,15H,2-7H2,1H3. The Hall–Kier alpha value is -0.960.